The lowest BCUT2D eigenvalue weighted by atomic mass is 10.2. The lowest BCUT2D eigenvalue weighted by molar-refractivity contribution is 0.120. The third-order valence-corrected chi connectivity index (χ3v) is 3.77. The fourth-order valence-electron chi connectivity index (χ4n) is 2.32. The van der Waals surface area contributed by atoms with E-state index in [2.05, 4.69) is 20.6 Å². The standard InChI is InChI=1S/C15H16Cl2N4O/c16-10-4-11(17)6-12(5-10)21-15-7-14(19-9-20-15)18-8-13-2-1-3-22-13/h4-7,9,13H,1-3,8H2,(H2,18,19,20,21). The molecule has 2 heterocycles. The van der Waals surface area contributed by atoms with E-state index in [4.69, 9.17) is 27.9 Å². The number of aromatic nitrogens is 2. The summed E-state index contributed by atoms with van der Waals surface area (Å²) in [5.74, 6) is 1.42. The zero-order chi connectivity index (χ0) is 15.4. The average Bonchev–Trinajstić information content (AvgIpc) is 2.98. The van der Waals surface area contributed by atoms with Gasteiger partial charge in [0, 0.05) is 35.0 Å². The lowest BCUT2D eigenvalue weighted by Gasteiger charge is -2.12. The van der Waals surface area contributed by atoms with Crippen LogP contribution < -0.4 is 10.6 Å². The van der Waals surface area contributed by atoms with Crippen molar-refractivity contribution in [3.05, 3.63) is 40.6 Å². The fourth-order valence-corrected chi connectivity index (χ4v) is 2.85. The highest BCUT2D eigenvalue weighted by Crippen LogP contribution is 2.25. The molecule has 116 valence electrons. The summed E-state index contributed by atoms with van der Waals surface area (Å²) in [6, 6.07) is 7.09. The van der Waals surface area contributed by atoms with Gasteiger partial charge in [0.15, 0.2) is 0 Å². The summed E-state index contributed by atoms with van der Waals surface area (Å²) in [7, 11) is 0. The van der Waals surface area contributed by atoms with Crippen LogP contribution in [0.3, 0.4) is 0 Å². The first-order valence-electron chi connectivity index (χ1n) is 7.10. The molecule has 0 aliphatic carbocycles. The second-order valence-electron chi connectivity index (χ2n) is 5.09. The number of hydrogen-bond acceptors (Lipinski definition) is 5. The first-order valence-corrected chi connectivity index (χ1v) is 7.85. The van der Waals surface area contributed by atoms with Gasteiger partial charge in [-0.15, -0.1) is 0 Å². The minimum absolute atomic E-state index is 0.262. The minimum atomic E-state index is 0.262. The third-order valence-electron chi connectivity index (χ3n) is 3.34. The molecule has 22 heavy (non-hydrogen) atoms. The molecule has 1 aliphatic rings. The molecule has 3 rings (SSSR count). The van der Waals surface area contributed by atoms with Crippen molar-refractivity contribution in [2.75, 3.05) is 23.8 Å². The number of nitrogens with zero attached hydrogens (tertiary/aromatic N) is 2. The summed E-state index contributed by atoms with van der Waals surface area (Å²) in [5.41, 5.74) is 0.779. The Morgan fingerprint density at radius 2 is 1.86 bits per heavy atom. The Hall–Kier alpha value is -1.56. The number of benzene rings is 1. The van der Waals surface area contributed by atoms with Gasteiger partial charge in [0.1, 0.15) is 18.0 Å². The van der Waals surface area contributed by atoms with E-state index < -0.39 is 0 Å². The molecule has 0 amide bonds. The van der Waals surface area contributed by atoms with Gasteiger partial charge in [0.05, 0.1) is 6.10 Å². The minimum Gasteiger partial charge on any atom is -0.376 e. The van der Waals surface area contributed by atoms with E-state index in [0.29, 0.717) is 15.9 Å². The summed E-state index contributed by atoms with van der Waals surface area (Å²) >= 11 is 12.0. The van der Waals surface area contributed by atoms with Crippen molar-refractivity contribution >= 4 is 40.5 Å². The van der Waals surface area contributed by atoms with Crippen LogP contribution in [0.2, 0.25) is 10.0 Å². The molecule has 5 nitrogen and oxygen atoms in total. The number of anilines is 3. The van der Waals surface area contributed by atoms with E-state index in [1.54, 1.807) is 18.2 Å². The van der Waals surface area contributed by atoms with Crippen molar-refractivity contribution in [1.82, 2.24) is 9.97 Å². The Kier molecular flexibility index (Phi) is 4.97. The molecule has 1 aliphatic heterocycles. The topological polar surface area (TPSA) is 59.1 Å². The van der Waals surface area contributed by atoms with Gasteiger partial charge in [-0.05, 0) is 31.0 Å². The van der Waals surface area contributed by atoms with Crippen molar-refractivity contribution in [1.29, 1.82) is 0 Å². The van der Waals surface area contributed by atoms with Crippen molar-refractivity contribution in [3.8, 4) is 0 Å². The molecule has 1 saturated heterocycles. The Morgan fingerprint density at radius 1 is 1.09 bits per heavy atom. The molecule has 2 aromatic rings. The van der Waals surface area contributed by atoms with E-state index in [0.717, 1.165) is 37.5 Å². The van der Waals surface area contributed by atoms with Crippen molar-refractivity contribution in [2.24, 2.45) is 0 Å². The SMILES string of the molecule is Clc1cc(Cl)cc(Nc2cc(NCC3CCCO3)ncn2)c1. The molecule has 7 heteroatoms. The van der Waals surface area contributed by atoms with Gasteiger partial charge in [0.25, 0.3) is 0 Å². The average molecular weight is 339 g/mol. The van der Waals surface area contributed by atoms with Crippen LogP contribution in [-0.2, 0) is 4.74 Å². The highest BCUT2D eigenvalue weighted by atomic mass is 35.5. The monoisotopic (exact) mass is 338 g/mol. The van der Waals surface area contributed by atoms with Crippen LogP contribution in [-0.4, -0.2) is 29.2 Å². The molecule has 1 unspecified atom stereocenters. The molecule has 1 aromatic carbocycles. The van der Waals surface area contributed by atoms with Gasteiger partial charge in [0.2, 0.25) is 0 Å². The Labute approximate surface area is 139 Å². The number of nitrogens with one attached hydrogen (secondary N) is 2. The van der Waals surface area contributed by atoms with Crippen molar-refractivity contribution in [2.45, 2.75) is 18.9 Å². The Bertz CT molecular complexity index is 627. The summed E-state index contributed by atoms with van der Waals surface area (Å²) in [5, 5.41) is 7.57. The van der Waals surface area contributed by atoms with Crippen LogP contribution in [0.5, 0.6) is 0 Å². The number of hydrogen-bond donors (Lipinski definition) is 2. The number of halogens is 2. The normalized spacial score (nSPS) is 17.5. The van der Waals surface area contributed by atoms with E-state index in [9.17, 15) is 0 Å². The highest BCUT2D eigenvalue weighted by Gasteiger charge is 2.15. The second-order valence-corrected chi connectivity index (χ2v) is 5.96. The fraction of sp³-hybridized carbons (Fsp3) is 0.333. The van der Waals surface area contributed by atoms with Gasteiger partial charge in [-0.25, -0.2) is 9.97 Å². The van der Waals surface area contributed by atoms with Gasteiger partial charge >= 0.3 is 0 Å². The van der Waals surface area contributed by atoms with Crippen LogP contribution in [0.4, 0.5) is 17.3 Å². The quantitative estimate of drug-likeness (QED) is 0.858. The molecule has 0 saturated carbocycles. The maximum atomic E-state index is 5.99. The van der Waals surface area contributed by atoms with Crippen LogP contribution in [0.1, 0.15) is 12.8 Å². The number of ether oxygens (including phenoxy) is 1. The smallest absolute Gasteiger partial charge is 0.135 e. The van der Waals surface area contributed by atoms with Crippen molar-refractivity contribution < 1.29 is 4.74 Å². The zero-order valence-electron chi connectivity index (χ0n) is 11.9. The summed E-state index contributed by atoms with van der Waals surface area (Å²) in [6.07, 6.45) is 3.98. The number of rotatable bonds is 5. The lowest BCUT2D eigenvalue weighted by Crippen LogP contribution is -2.19. The Morgan fingerprint density at radius 3 is 2.59 bits per heavy atom. The van der Waals surface area contributed by atoms with E-state index in [1.165, 1.54) is 6.33 Å². The van der Waals surface area contributed by atoms with Gasteiger partial charge < -0.3 is 15.4 Å². The highest BCUT2D eigenvalue weighted by molar-refractivity contribution is 6.35. The Balaban J connectivity index is 1.65. The molecular formula is C15H16Cl2N4O. The molecule has 2 N–H and O–H groups in total. The zero-order valence-corrected chi connectivity index (χ0v) is 13.4. The first-order chi connectivity index (χ1) is 10.7. The molecule has 1 fully saturated rings. The molecule has 1 atom stereocenters. The first kappa shape index (κ1) is 15.3. The summed E-state index contributed by atoms with van der Waals surface area (Å²) in [4.78, 5) is 8.40. The molecule has 0 spiro atoms. The van der Waals surface area contributed by atoms with Crippen LogP contribution in [0.25, 0.3) is 0 Å². The predicted octanol–water partition coefficient (Wildman–Crippen LogP) is 4.12. The van der Waals surface area contributed by atoms with Crippen LogP contribution in [0.15, 0.2) is 30.6 Å². The van der Waals surface area contributed by atoms with E-state index in [1.807, 2.05) is 6.07 Å². The van der Waals surface area contributed by atoms with E-state index >= 15 is 0 Å². The maximum Gasteiger partial charge on any atom is 0.135 e. The summed E-state index contributed by atoms with van der Waals surface area (Å²) in [6.45, 7) is 1.60. The van der Waals surface area contributed by atoms with Gasteiger partial charge in [-0.2, -0.15) is 0 Å². The maximum absolute atomic E-state index is 5.99. The molecule has 0 radical (unpaired) electrons. The predicted molar refractivity (Wildman–Crippen MR) is 89.2 cm³/mol. The van der Waals surface area contributed by atoms with Crippen molar-refractivity contribution in [3.63, 3.8) is 0 Å². The molecule has 1 aromatic heterocycles. The third kappa shape index (κ3) is 4.22. The summed E-state index contributed by atoms with van der Waals surface area (Å²) < 4.78 is 5.58. The van der Waals surface area contributed by atoms with Gasteiger partial charge in [-0.3, -0.25) is 0 Å². The second kappa shape index (κ2) is 7.13. The van der Waals surface area contributed by atoms with Gasteiger partial charge in [-0.1, -0.05) is 23.2 Å². The molecule has 0 bridgehead atoms. The van der Waals surface area contributed by atoms with Crippen LogP contribution >= 0.6 is 23.2 Å². The van der Waals surface area contributed by atoms with E-state index in [-0.39, 0.29) is 6.10 Å². The molecular weight excluding hydrogens is 323 g/mol. The van der Waals surface area contributed by atoms with Crippen LogP contribution in [0, 0.1) is 0 Å². The largest absolute Gasteiger partial charge is 0.376 e.